The first-order valence-corrected chi connectivity index (χ1v) is 6.02. The average Bonchev–Trinajstić information content (AvgIpc) is 2.41. The van der Waals surface area contributed by atoms with Crippen molar-refractivity contribution in [1.82, 2.24) is 4.98 Å². The molecule has 0 radical (unpaired) electrons. The molecule has 0 aliphatic heterocycles. The minimum atomic E-state index is 0.727. The Morgan fingerprint density at radius 2 is 2.11 bits per heavy atom. The fraction of sp³-hybridized carbons (Fsp3) is 0.143. The minimum Gasteiger partial charge on any atom is -0.278 e. The Morgan fingerprint density at radius 1 is 1.28 bits per heavy atom. The molecule has 0 bridgehead atoms. The first-order chi connectivity index (χ1) is 8.66. The summed E-state index contributed by atoms with van der Waals surface area (Å²) in [7, 11) is 0. The molecule has 1 N–H and O–H groups in total. The molecule has 1 aromatic carbocycles. The van der Waals surface area contributed by atoms with Crippen LogP contribution in [0, 0.1) is 6.92 Å². The van der Waals surface area contributed by atoms with E-state index >= 15 is 0 Å². The third-order valence-corrected chi connectivity index (χ3v) is 2.97. The van der Waals surface area contributed by atoms with Crippen LogP contribution >= 0.6 is 11.6 Å². The Labute approximate surface area is 112 Å². The van der Waals surface area contributed by atoms with Crippen molar-refractivity contribution in [2.24, 2.45) is 5.10 Å². The molecule has 18 heavy (non-hydrogen) atoms. The predicted octanol–water partition coefficient (Wildman–Crippen LogP) is 3.88. The summed E-state index contributed by atoms with van der Waals surface area (Å²) in [4.78, 5) is 4.23. The number of hydrogen-bond donors (Lipinski definition) is 1. The lowest BCUT2D eigenvalue weighted by Gasteiger charge is -2.04. The second kappa shape index (κ2) is 5.65. The van der Waals surface area contributed by atoms with Gasteiger partial charge in [0, 0.05) is 11.2 Å². The van der Waals surface area contributed by atoms with Gasteiger partial charge in [-0.05, 0) is 43.7 Å². The number of hydrazone groups is 1. The zero-order valence-electron chi connectivity index (χ0n) is 10.3. The van der Waals surface area contributed by atoms with Crippen molar-refractivity contribution in [3.05, 3.63) is 58.9 Å². The molecule has 4 heteroatoms. The summed E-state index contributed by atoms with van der Waals surface area (Å²) in [6.07, 6.45) is 1.75. The van der Waals surface area contributed by atoms with Crippen LogP contribution in [0.15, 0.2) is 47.7 Å². The van der Waals surface area contributed by atoms with Gasteiger partial charge in [0.15, 0.2) is 0 Å². The number of aromatic nitrogens is 1. The molecule has 0 aliphatic carbocycles. The van der Waals surface area contributed by atoms with Gasteiger partial charge in [0.25, 0.3) is 0 Å². The second-order valence-electron chi connectivity index (χ2n) is 3.99. The maximum Gasteiger partial charge on any atom is 0.0859 e. The van der Waals surface area contributed by atoms with Gasteiger partial charge in [-0.2, -0.15) is 5.10 Å². The zero-order valence-corrected chi connectivity index (χ0v) is 11.1. The van der Waals surface area contributed by atoms with Crippen molar-refractivity contribution in [3.63, 3.8) is 0 Å². The van der Waals surface area contributed by atoms with Crippen LogP contribution in [0.1, 0.15) is 18.2 Å². The summed E-state index contributed by atoms with van der Waals surface area (Å²) in [5.41, 5.74) is 6.56. The molecule has 92 valence electrons. The van der Waals surface area contributed by atoms with Crippen molar-refractivity contribution in [3.8, 4) is 0 Å². The smallest absolute Gasteiger partial charge is 0.0859 e. The van der Waals surface area contributed by atoms with Crippen molar-refractivity contribution >= 4 is 23.0 Å². The maximum atomic E-state index is 6.05. The van der Waals surface area contributed by atoms with E-state index < -0.39 is 0 Å². The molecule has 1 aromatic heterocycles. The van der Waals surface area contributed by atoms with Gasteiger partial charge >= 0.3 is 0 Å². The van der Waals surface area contributed by atoms with Crippen LogP contribution in [0.4, 0.5) is 5.69 Å². The number of hydrogen-bond acceptors (Lipinski definition) is 3. The standard InChI is InChI=1S/C14H14ClN3/c1-10-6-7-12(9-13(10)15)18-17-11(2)14-5-3-4-8-16-14/h3-9,18H,1-2H3/b17-11-. The van der Waals surface area contributed by atoms with Crippen LogP contribution in [0.5, 0.6) is 0 Å². The van der Waals surface area contributed by atoms with Gasteiger partial charge in [0.05, 0.1) is 17.1 Å². The zero-order chi connectivity index (χ0) is 13.0. The van der Waals surface area contributed by atoms with Gasteiger partial charge in [0.1, 0.15) is 0 Å². The first-order valence-electron chi connectivity index (χ1n) is 5.64. The quantitative estimate of drug-likeness (QED) is 0.671. The van der Waals surface area contributed by atoms with E-state index in [4.69, 9.17) is 11.6 Å². The van der Waals surface area contributed by atoms with E-state index in [0.717, 1.165) is 27.7 Å². The molecule has 0 spiro atoms. The highest BCUT2D eigenvalue weighted by Gasteiger charge is 1.99. The number of pyridine rings is 1. The number of nitrogens with one attached hydrogen (secondary N) is 1. The molecule has 2 rings (SSSR count). The SMILES string of the molecule is C/C(=N/Nc1ccc(C)c(Cl)c1)c1ccccn1. The second-order valence-corrected chi connectivity index (χ2v) is 4.40. The lowest BCUT2D eigenvalue weighted by Crippen LogP contribution is -2.01. The average molecular weight is 260 g/mol. The lowest BCUT2D eigenvalue weighted by molar-refractivity contribution is 1.25. The van der Waals surface area contributed by atoms with E-state index in [1.54, 1.807) is 6.20 Å². The van der Waals surface area contributed by atoms with Crippen molar-refractivity contribution in [2.75, 3.05) is 5.43 Å². The largest absolute Gasteiger partial charge is 0.278 e. The molecule has 1 heterocycles. The highest BCUT2D eigenvalue weighted by Crippen LogP contribution is 2.19. The van der Waals surface area contributed by atoms with Crippen LogP contribution in [-0.2, 0) is 0 Å². The summed E-state index contributed by atoms with van der Waals surface area (Å²) in [6.45, 7) is 3.87. The predicted molar refractivity (Wildman–Crippen MR) is 76.3 cm³/mol. The topological polar surface area (TPSA) is 37.3 Å². The normalized spacial score (nSPS) is 11.4. The third-order valence-electron chi connectivity index (χ3n) is 2.56. The van der Waals surface area contributed by atoms with Crippen LogP contribution in [0.3, 0.4) is 0 Å². The molecular formula is C14H14ClN3. The monoisotopic (exact) mass is 259 g/mol. The molecule has 0 unspecified atom stereocenters. The van der Waals surface area contributed by atoms with Crippen LogP contribution in [0.2, 0.25) is 5.02 Å². The molecule has 0 saturated carbocycles. The minimum absolute atomic E-state index is 0.727. The molecule has 3 nitrogen and oxygen atoms in total. The molecule has 0 atom stereocenters. The number of nitrogens with zero attached hydrogens (tertiary/aromatic N) is 2. The fourth-order valence-corrected chi connectivity index (χ4v) is 1.63. The fourth-order valence-electron chi connectivity index (χ4n) is 1.44. The molecule has 0 saturated heterocycles. The van der Waals surface area contributed by atoms with Gasteiger partial charge in [-0.25, -0.2) is 0 Å². The van der Waals surface area contributed by atoms with Gasteiger partial charge in [-0.15, -0.1) is 0 Å². The van der Waals surface area contributed by atoms with Gasteiger partial charge in [0.2, 0.25) is 0 Å². The summed E-state index contributed by atoms with van der Waals surface area (Å²) in [5, 5.41) is 5.01. The van der Waals surface area contributed by atoms with E-state index in [-0.39, 0.29) is 0 Å². The van der Waals surface area contributed by atoms with Gasteiger partial charge < -0.3 is 0 Å². The van der Waals surface area contributed by atoms with E-state index in [1.165, 1.54) is 0 Å². The highest BCUT2D eigenvalue weighted by atomic mass is 35.5. The Balaban J connectivity index is 2.13. The molecule has 0 aliphatic rings. The lowest BCUT2D eigenvalue weighted by atomic mass is 10.2. The van der Waals surface area contributed by atoms with E-state index in [2.05, 4.69) is 15.5 Å². The van der Waals surface area contributed by atoms with Crippen molar-refractivity contribution in [1.29, 1.82) is 0 Å². The van der Waals surface area contributed by atoms with Crippen molar-refractivity contribution in [2.45, 2.75) is 13.8 Å². The van der Waals surface area contributed by atoms with Crippen LogP contribution < -0.4 is 5.43 Å². The van der Waals surface area contributed by atoms with Crippen LogP contribution in [-0.4, -0.2) is 10.7 Å². The molecule has 0 amide bonds. The van der Waals surface area contributed by atoms with Gasteiger partial charge in [-0.1, -0.05) is 23.7 Å². The van der Waals surface area contributed by atoms with Crippen molar-refractivity contribution < 1.29 is 0 Å². The molecular weight excluding hydrogens is 246 g/mol. The highest BCUT2D eigenvalue weighted by molar-refractivity contribution is 6.31. The third kappa shape index (κ3) is 3.08. The van der Waals surface area contributed by atoms with E-state index in [0.29, 0.717) is 0 Å². The van der Waals surface area contributed by atoms with E-state index in [9.17, 15) is 0 Å². The molecule has 2 aromatic rings. The summed E-state index contributed by atoms with van der Waals surface area (Å²) in [6, 6.07) is 11.5. The Kier molecular flexibility index (Phi) is 3.95. The number of rotatable bonds is 3. The van der Waals surface area contributed by atoms with Crippen LogP contribution in [0.25, 0.3) is 0 Å². The van der Waals surface area contributed by atoms with E-state index in [1.807, 2.05) is 50.2 Å². The number of benzene rings is 1. The first kappa shape index (κ1) is 12.6. The van der Waals surface area contributed by atoms with Gasteiger partial charge in [-0.3, -0.25) is 10.4 Å². The number of halogens is 1. The Bertz CT molecular complexity index is 565. The summed E-state index contributed by atoms with van der Waals surface area (Å²) in [5.74, 6) is 0. The Hall–Kier alpha value is -1.87. The number of anilines is 1. The summed E-state index contributed by atoms with van der Waals surface area (Å²) >= 11 is 6.05. The number of aryl methyl sites for hydroxylation is 1. The maximum absolute atomic E-state index is 6.05. The Morgan fingerprint density at radius 3 is 2.78 bits per heavy atom. The molecule has 0 fully saturated rings. The summed E-state index contributed by atoms with van der Waals surface area (Å²) < 4.78 is 0.